The fraction of sp³-hybridized carbons (Fsp3) is 0.467. The molecule has 1 N–H and O–H groups in total. The highest BCUT2D eigenvalue weighted by Gasteiger charge is 2.25. The van der Waals surface area contributed by atoms with Crippen molar-refractivity contribution in [2.24, 2.45) is 5.92 Å². The number of carbonyl (C=O) groups is 2. The van der Waals surface area contributed by atoms with Crippen molar-refractivity contribution in [3.05, 3.63) is 34.6 Å². The fourth-order valence-corrected chi connectivity index (χ4v) is 2.80. The van der Waals surface area contributed by atoms with Gasteiger partial charge in [-0.25, -0.2) is 4.39 Å². The monoisotopic (exact) mass is 313 g/mol. The van der Waals surface area contributed by atoms with Gasteiger partial charge in [0.05, 0.1) is 10.6 Å². The van der Waals surface area contributed by atoms with E-state index in [1.54, 1.807) is 4.90 Å². The van der Waals surface area contributed by atoms with Crippen LogP contribution in [0.1, 0.15) is 36.0 Å². The van der Waals surface area contributed by atoms with Crippen molar-refractivity contribution >= 4 is 23.5 Å². The van der Waals surface area contributed by atoms with Crippen molar-refractivity contribution in [3.63, 3.8) is 0 Å². The van der Waals surface area contributed by atoms with Crippen LogP contribution >= 0.6 is 11.6 Å². The van der Waals surface area contributed by atoms with Gasteiger partial charge in [-0.1, -0.05) is 17.7 Å². The molecule has 1 saturated heterocycles. The third-order valence-electron chi connectivity index (χ3n) is 3.85. The van der Waals surface area contributed by atoms with Crippen LogP contribution in [0.2, 0.25) is 5.02 Å². The van der Waals surface area contributed by atoms with Gasteiger partial charge < -0.3 is 10.0 Å². The van der Waals surface area contributed by atoms with Crippen LogP contribution in [-0.4, -0.2) is 35.0 Å². The highest BCUT2D eigenvalue weighted by molar-refractivity contribution is 6.34. The molecule has 2 rings (SSSR count). The number of hydrogen-bond acceptors (Lipinski definition) is 2. The van der Waals surface area contributed by atoms with Crippen molar-refractivity contribution in [2.45, 2.75) is 25.7 Å². The Hall–Kier alpha value is -1.62. The molecule has 0 unspecified atom stereocenters. The van der Waals surface area contributed by atoms with Crippen molar-refractivity contribution in [2.75, 3.05) is 13.1 Å². The Morgan fingerprint density at radius 1 is 1.33 bits per heavy atom. The maximum absolute atomic E-state index is 13.4. The zero-order chi connectivity index (χ0) is 15.4. The molecule has 1 fully saturated rings. The third kappa shape index (κ3) is 3.94. The minimum atomic E-state index is -0.792. The lowest BCUT2D eigenvalue weighted by Crippen LogP contribution is -2.38. The predicted molar refractivity (Wildman–Crippen MR) is 76.9 cm³/mol. The molecule has 6 heteroatoms. The number of hydrogen-bond donors (Lipinski definition) is 1. The van der Waals surface area contributed by atoms with Crippen LogP contribution in [0.15, 0.2) is 18.2 Å². The molecule has 4 nitrogen and oxygen atoms in total. The fourth-order valence-electron chi connectivity index (χ4n) is 2.59. The van der Waals surface area contributed by atoms with Gasteiger partial charge >= 0.3 is 5.97 Å². The topological polar surface area (TPSA) is 57.6 Å². The lowest BCUT2D eigenvalue weighted by atomic mass is 9.92. The number of halogens is 2. The zero-order valence-electron chi connectivity index (χ0n) is 11.5. The number of carboxylic acid groups (broad SMARTS) is 1. The highest BCUT2D eigenvalue weighted by atomic mass is 35.5. The van der Waals surface area contributed by atoms with E-state index in [9.17, 15) is 14.0 Å². The Bertz CT molecular complexity index is 542. The second kappa shape index (κ2) is 6.89. The van der Waals surface area contributed by atoms with E-state index in [1.807, 2.05) is 0 Å². The summed E-state index contributed by atoms with van der Waals surface area (Å²) in [6.07, 6.45) is 2.34. The van der Waals surface area contributed by atoms with Crippen LogP contribution in [0.5, 0.6) is 0 Å². The molecule has 1 aromatic carbocycles. The van der Waals surface area contributed by atoms with E-state index in [0.29, 0.717) is 25.4 Å². The number of aliphatic carboxylic acids is 1. The number of piperidine rings is 1. The smallest absolute Gasteiger partial charge is 0.303 e. The van der Waals surface area contributed by atoms with Crippen molar-refractivity contribution in [1.82, 2.24) is 4.90 Å². The molecule has 1 amide bonds. The van der Waals surface area contributed by atoms with E-state index < -0.39 is 11.8 Å². The average Bonchev–Trinajstić information content (AvgIpc) is 2.48. The summed E-state index contributed by atoms with van der Waals surface area (Å²) in [5, 5.41) is 8.53. The quantitative estimate of drug-likeness (QED) is 0.928. The van der Waals surface area contributed by atoms with Gasteiger partial charge in [-0.15, -0.1) is 0 Å². The highest BCUT2D eigenvalue weighted by Crippen LogP contribution is 2.26. The molecule has 0 bridgehead atoms. The lowest BCUT2D eigenvalue weighted by Gasteiger charge is -2.32. The summed E-state index contributed by atoms with van der Waals surface area (Å²) >= 11 is 5.83. The van der Waals surface area contributed by atoms with Gasteiger partial charge in [0, 0.05) is 19.5 Å². The Kier molecular flexibility index (Phi) is 5.17. The summed E-state index contributed by atoms with van der Waals surface area (Å²) in [7, 11) is 0. The van der Waals surface area contributed by atoms with Crippen LogP contribution < -0.4 is 0 Å². The van der Waals surface area contributed by atoms with E-state index in [0.717, 1.165) is 12.8 Å². The van der Waals surface area contributed by atoms with Crippen LogP contribution in [0, 0.1) is 11.7 Å². The summed E-state index contributed by atoms with van der Waals surface area (Å²) < 4.78 is 13.4. The molecule has 1 aliphatic heterocycles. The lowest BCUT2D eigenvalue weighted by molar-refractivity contribution is -0.137. The van der Waals surface area contributed by atoms with Gasteiger partial charge in [-0.3, -0.25) is 9.59 Å². The van der Waals surface area contributed by atoms with E-state index in [2.05, 4.69) is 0 Å². The first-order chi connectivity index (χ1) is 9.99. The molecule has 0 radical (unpaired) electrons. The summed E-state index contributed by atoms with van der Waals surface area (Å²) in [4.78, 5) is 24.5. The average molecular weight is 314 g/mol. The first-order valence-corrected chi connectivity index (χ1v) is 7.32. The van der Waals surface area contributed by atoms with Gasteiger partial charge in [-0.05, 0) is 37.3 Å². The number of carboxylic acids is 1. The number of rotatable bonds is 4. The Balaban J connectivity index is 1.94. The third-order valence-corrected chi connectivity index (χ3v) is 4.23. The first-order valence-electron chi connectivity index (χ1n) is 6.94. The molecular weight excluding hydrogens is 297 g/mol. The maximum atomic E-state index is 13.4. The predicted octanol–water partition coefficient (Wildman–Crippen LogP) is 3.20. The molecule has 1 aliphatic rings. The summed E-state index contributed by atoms with van der Waals surface area (Å²) in [6.45, 7) is 1.10. The Morgan fingerprint density at radius 2 is 2.00 bits per heavy atom. The van der Waals surface area contributed by atoms with Crippen molar-refractivity contribution in [1.29, 1.82) is 0 Å². The normalized spacial score (nSPS) is 16.0. The van der Waals surface area contributed by atoms with Crippen LogP contribution in [0.3, 0.4) is 0 Å². The van der Waals surface area contributed by atoms with Crippen molar-refractivity contribution < 1.29 is 19.1 Å². The van der Waals surface area contributed by atoms with Gasteiger partial charge in [0.2, 0.25) is 0 Å². The minimum absolute atomic E-state index is 0.143. The number of carbonyl (C=O) groups excluding carboxylic acids is 1. The Labute approximate surface area is 127 Å². The molecule has 0 aliphatic carbocycles. The molecule has 0 spiro atoms. The van der Waals surface area contributed by atoms with Gasteiger partial charge in [0.15, 0.2) is 0 Å². The minimum Gasteiger partial charge on any atom is -0.481 e. The zero-order valence-corrected chi connectivity index (χ0v) is 12.3. The molecule has 114 valence electrons. The first kappa shape index (κ1) is 15.8. The standard InChI is InChI=1S/C15H17ClFNO3/c16-14-11(2-1-3-12(14)17)15(21)18-8-6-10(7-9-18)4-5-13(19)20/h1-3,10H,4-9H2,(H,19,20). The Morgan fingerprint density at radius 3 is 2.62 bits per heavy atom. The molecule has 1 aromatic rings. The maximum Gasteiger partial charge on any atom is 0.303 e. The molecule has 21 heavy (non-hydrogen) atoms. The van der Waals surface area contributed by atoms with Crippen LogP contribution in [0.25, 0.3) is 0 Å². The largest absolute Gasteiger partial charge is 0.481 e. The van der Waals surface area contributed by atoms with E-state index in [1.165, 1.54) is 18.2 Å². The van der Waals surface area contributed by atoms with Gasteiger partial charge in [-0.2, -0.15) is 0 Å². The number of nitrogens with zero attached hydrogens (tertiary/aromatic N) is 1. The van der Waals surface area contributed by atoms with Crippen molar-refractivity contribution in [3.8, 4) is 0 Å². The summed E-state index contributed by atoms with van der Waals surface area (Å²) in [5.74, 6) is -1.33. The van der Waals surface area contributed by atoms with Gasteiger partial charge in [0.25, 0.3) is 5.91 Å². The molecule has 0 saturated carbocycles. The molecule has 0 aromatic heterocycles. The SMILES string of the molecule is O=C(O)CCC1CCN(C(=O)c2cccc(F)c2Cl)CC1. The summed E-state index contributed by atoms with van der Waals surface area (Å²) in [5.41, 5.74) is 0.181. The second-order valence-corrected chi connectivity index (χ2v) is 5.65. The van der Waals surface area contributed by atoms with Crippen LogP contribution in [-0.2, 0) is 4.79 Å². The van der Waals surface area contributed by atoms with Gasteiger partial charge in [0.1, 0.15) is 5.82 Å². The molecular formula is C15H17ClFNO3. The van der Waals surface area contributed by atoms with Crippen LogP contribution in [0.4, 0.5) is 4.39 Å². The van der Waals surface area contributed by atoms with E-state index >= 15 is 0 Å². The summed E-state index contributed by atoms with van der Waals surface area (Å²) in [6, 6.07) is 4.20. The molecule has 1 heterocycles. The molecule has 0 atom stereocenters. The number of benzene rings is 1. The van der Waals surface area contributed by atoms with E-state index in [-0.39, 0.29) is 22.9 Å². The van der Waals surface area contributed by atoms with E-state index in [4.69, 9.17) is 16.7 Å². The number of amides is 1. The number of likely N-dealkylation sites (tertiary alicyclic amines) is 1. The second-order valence-electron chi connectivity index (χ2n) is 5.27.